The number of esters is 1. The maximum atomic E-state index is 12.4. The third kappa shape index (κ3) is 3.53. The molecule has 1 aromatic rings. The highest BCUT2D eigenvalue weighted by molar-refractivity contribution is 5.79. The molecule has 0 aromatic heterocycles. The summed E-state index contributed by atoms with van der Waals surface area (Å²) in [6.07, 6.45) is 0.983. The summed E-state index contributed by atoms with van der Waals surface area (Å²) >= 11 is 0. The summed E-state index contributed by atoms with van der Waals surface area (Å²) in [4.78, 5) is 26.5. The molecule has 1 N–H and O–H groups in total. The molecule has 3 unspecified atom stereocenters. The number of fused-ring (bicyclic) bond motifs is 1. The molecule has 0 spiro atoms. The summed E-state index contributed by atoms with van der Waals surface area (Å²) in [6, 6.07) is 9.32. The first kappa shape index (κ1) is 16.8. The molecule has 3 atom stereocenters. The number of rotatable bonds is 3. The van der Waals surface area contributed by atoms with Gasteiger partial charge in [-0.15, -0.1) is 0 Å². The Balaban J connectivity index is 1.77. The Bertz CT molecular complexity index is 590. The van der Waals surface area contributed by atoms with Crippen LogP contribution in [0.2, 0.25) is 0 Å². The number of piperidine rings is 1. The number of morpholine rings is 1. The lowest BCUT2D eigenvalue weighted by Crippen LogP contribution is -2.63. The van der Waals surface area contributed by atoms with Gasteiger partial charge in [-0.1, -0.05) is 30.3 Å². The highest BCUT2D eigenvalue weighted by Gasteiger charge is 2.45. The lowest BCUT2D eigenvalue weighted by molar-refractivity contribution is -0.167. The van der Waals surface area contributed by atoms with Crippen molar-refractivity contribution in [3.8, 4) is 0 Å². The number of benzene rings is 1. The van der Waals surface area contributed by atoms with Crippen LogP contribution in [0.15, 0.2) is 30.3 Å². The van der Waals surface area contributed by atoms with Crippen molar-refractivity contribution in [2.75, 3.05) is 13.2 Å². The topological polar surface area (TPSA) is 67.9 Å². The largest absolute Gasteiger partial charge is 0.462 e. The Kier molecular flexibility index (Phi) is 5.04. The zero-order chi connectivity index (χ0) is 17.1. The number of hydrogen-bond acceptors (Lipinski definition) is 5. The van der Waals surface area contributed by atoms with Crippen LogP contribution in [-0.4, -0.2) is 48.3 Å². The minimum absolute atomic E-state index is 0.0274. The molecule has 130 valence electrons. The maximum absolute atomic E-state index is 12.4. The molecule has 6 heteroatoms. The first-order chi connectivity index (χ1) is 11.6. The van der Waals surface area contributed by atoms with Crippen LogP contribution in [0.25, 0.3) is 0 Å². The number of cyclic esters (lactones) is 1. The van der Waals surface area contributed by atoms with Gasteiger partial charge in [0.1, 0.15) is 12.6 Å². The molecule has 24 heavy (non-hydrogen) atoms. The Labute approximate surface area is 142 Å². The van der Waals surface area contributed by atoms with Gasteiger partial charge in [-0.3, -0.25) is 9.69 Å². The SMILES string of the molecule is CC(C)OC(=O)NC1CCCN2C(c3ccccc3)COC(=O)C12. The van der Waals surface area contributed by atoms with Crippen LogP contribution in [-0.2, 0) is 14.3 Å². The van der Waals surface area contributed by atoms with Gasteiger partial charge in [-0.2, -0.15) is 0 Å². The van der Waals surface area contributed by atoms with E-state index in [-0.39, 0.29) is 24.2 Å². The monoisotopic (exact) mass is 332 g/mol. The number of alkyl carbamates (subject to hydrolysis) is 1. The van der Waals surface area contributed by atoms with Crippen molar-refractivity contribution in [2.45, 2.75) is 50.9 Å². The molecule has 2 aliphatic heterocycles. The van der Waals surface area contributed by atoms with Gasteiger partial charge in [0.15, 0.2) is 0 Å². The summed E-state index contributed by atoms with van der Waals surface area (Å²) in [5.41, 5.74) is 1.13. The molecule has 0 bridgehead atoms. The number of nitrogens with one attached hydrogen (secondary N) is 1. The number of ether oxygens (including phenoxy) is 2. The van der Waals surface area contributed by atoms with Crippen molar-refractivity contribution >= 4 is 12.1 Å². The molecule has 1 aromatic carbocycles. The van der Waals surface area contributed by atoms with Crippen molar-refractivity contribution in [3.63, 3.8) is 0 Å². The molecule has 3 rings (SSSR count). The summed E-state index contributed by atoms with van der Waals surface area (Å²) in [7, 11) is 0. The molecule has 0 aliphatic carbocycles. The van der Waals surface area contributed by atoms with Gasteiger partial charge in [0.2, 0.25) is 0 Å². The summed E-state index contributed by atoms with van der Waals surface area (Å²) in [6.45, 7) is 4.76. The zero-order valence-corrected chi connectivity index (χ0v) is 14.1. The van der Waals surface area contributed by atoms with Crippen LogP contribution in [0.3, 0.4) is 0 Å². The Morgan fingerprint density at radius 3 is 2.79 bits per heavy atom. The van der Waals surface area contributed by atoms with Gasteiger partial charge in [-0.25, -0.2) is 4.79 Å². The second kappa shape index (κ2) is 7.21. The molecule has 2 saturated heterocycles. The van der Waals surface area contributed by atoms with Crippen molar-refractivity contribution in [3.05, 3.63) is 35.9 Å². The maximum Gasteiger partial charge on any atom is 0.407 e. The van der Waals surface area contributed by atoms with E-state index in [4.69, 9.17) is 9.47 Å². The standard InChI is InChI=1S/C18H24N2O4/c1-12(2)24-18(22)19-14-9-6-10-20-15(11-23-17(21)16(14)20)13-7-4-3-5-8-13/h3-5,7-8,12,14-16H,6,9-11H2,1-2H3,(H,19,22). The molecule has 2 heterocycles. The van der Waals surface area contributed by atoms with E-state index in [0.717, 1.165) is 24.9 Å². The van der Waals surface area contributed by atoms with Crippen LogP contribution in [0.4, 0.5) is 4.79 Å². The second-order valence-electron chi connectivity index (χ2n) is 6.59. The van der Waals surface area contributed by atoms with E-state index in [1.54, 1.807) is 13.8 Å². The average molecular weight is 332 g/mol. The molecular weight excluding hydrogens is 308 g/mol. The molecule has 0 radical (unpaired) electrons. The lowest BCUT2D eigenvalue weighted by Gasteiger charge is -2.46. The Morgan fingerprint density at radius 1 is 1.33 bits per heavy atom. The Hall–Kier alpha value is -2.08. The normalized spacial score (nSPS) is 27.3. The van der Waals surface area contributed by atoms with Gasteiger partial charge >= 0.3 is 12.1 Å². The van der Waals surface area contributed by atoms with Crippen LogP contribution >= 0.6 is 0 Å². The first-order valence-electron chi connectivity index (χ1n) is 8.50. The highest BCUT2D eigenvalue weighted by Crippen LogP contribution is 2.33. The van der Waals surface area contributed by atoms with Crippen LogP contribution in [0.1, 0.15) is 38.3 Å². The number of hydrogen-bond donors (Lipinski definition) is 1. The molecule has 0 saturated carbocycles. The third-order valence-corrected chi connectivity index (χ3v) is 4.53. The fourth-order valence-electron chi connectivity index (χ4n) is 3.53. The summed E-state index contributed by atoms with van der Waals surface area (Å²) in [5, 5.41) is 2.85. The van der Waals surface area contributed by atoms with Crippen molar-refractivity contribution < 1.29 is 19.1 Å². The summed E-state index contributed by atoms with van der Waals surface area (Å²) < 4.78 is 10.6. The second-order valence-corrected chi connectivity index (χ2v) is 6.59. The molecule has 2 fully saturated rings. The third-order valence-electron chi connectivity index (χ3n) is 4.53. The van der Waals surface area contributed by atoms with E-state index < -0.39 is 12.1 Å². The molecular formula is C18H24N2O4. The van der Waals surface area contributed by atoms with Gasteiger partial charge in [-0.05, 0) is 38.8 Å². The quantitative estimate of drug-likeness (QED) is 0.860. The van der Waals surface area contributed by atoms with E-state index in [9.17, 15) is 9.59 Å². The predicted molar refractivity (Wildman–Crippen MR) is 88.4 cm³/mol. The minimum Gasteiger partial charge on any atom is -0.462 e. The van der Waals surface area contributed by atoms with E-state index >= 15 is 0 Å². The van der Waals surface area contributed by atoms with Gasteiger partial charge in [0, 0.05) is 0 Å². The zero-order valence-electron chi connectivity index (χ0n) is 14.1. The fraction of sp³-hybridized carbons (Fsp3) is 0.556. The average Bonchev–Trinajstić information content (AvgIpc) is 2.55. The molecule has 6 nitrogen and oxygen atoms in total. The van der Waals surface area contributed by atoms with E-state index in [0.29, 0.717) is 6.61 Å². The number of nitrogens with zero attached hydrogens (tertiary/aromatic N) is 1. The van der Waals surface area contributed by atoms with E-state index in [1.165, 1.54) is 0 Å². The highest BCUT2D eigenvalue weighted by atomic mass is 16.6. The van der Waals surface area contributed by atoms with Gasteiger partial charge < -0.3 is 14.8 Å². The van der Waals surface area contributed by atoms with Gasteiger partial charge in [0.25, 0.3) is 0 Å². The smallest absolute Gasteiger partial charge is 0.407 e. The van der Waals surface area contributed by atoms with Crippen molar-refractivity contribution in [1.29, 1.82) is 0 Å². The molecule has 1 amide bonds. The van der Waals surface area contributed by atoms with Gasteiger partial charge in [0.05, 0.1) is 18.2 Å². The van der Waals surface area contributed by atoms with Crippen LogP contribution in [0.5, 0.6) is 0 Å². The van der Waals surface area contributed by atoms with E-state index in [1.807, 2.05) is 30.3 Å². The van der Waals surface area contributed by atoms with Crippen LogP contribution < -0.4 is 5.32 Å². The number of carbonyl (C=O) groups excluding carboxylic acids is 2. The molecule has 2 aliphatic rings. The first-order valence-corrected chi connectivity index (χ1v) is 8.50. The van der Waals surface area contributed by atoms with Crippen molar-refractivity contribution in [2.24, 2.45) is 0 Å². The minimum atomic E-state index is -0.480. The van der Waals surface area contributed by atoms with Crippen molar-refractivity contribution in [1.82, 2.24) is 10.2 Å². The predicted octanol–water partition coefficient (Wildman–Crippen LogP) is 2.25. The lowest BCUT2D eigenvalue weighted by atomic mass is 9.91. The van der Waals surface area contributed by atoms with E-state index in [2.05, 4.69) is 10.2 Å². The Morgan fingerprint density at radius 2 is 2.08 bits per heavy atom. The number of amides is 1. The summed E-state index contributed by atoms with van der Waals surface area (Å²) in [5.74, 6) is -0.267. The number of carbonyl (C=O) groups is 2. The van der Waals surface area contributed by atoms with Crippen LogP contribution in [0, 0.1) is 0 Å². The fourth-order valence-corrected chi connectivity index (χ4v) is 3.53.